The van der Waals surface area contributed by atoms with E-state index in [0.717, 1.165) is 26.9 Å². The molecule has 0 amide bonds. The van der Waals surface area contributed by atoms with E-state index in [4.69, 9.17) is 11.6 Å². The van der Waals surface area contributed by atoms with Crippen molar-refractivity contribution in [3.63, 3.8) is 0 Å². The molecule has 0 fully saturated rings. The van der Waals surface area contributed by atoms with Crippen molar-refractivity contribution in [2.24, 2.45) is 0 Å². The van der Waals surface area contributed by atoms with Crippen molar-refractivity contribution < 1.29 is 0 Å². The molecule has 1 aromatic carbocycles. The summed E-state index contributed by atoms with van der Waals surface area (Å²) in [4.78, 5) is 13.1. The zero-order chi connectivity index (χ0) is 15.9. The van der Waals surface area contributed by atoms with Gasteiger partial charge in [0.2, 0.25) is 5.28 Å². The van der Waals surface area contributed by atoms with Crippen LogP contribution in [0.3, 0.4) is 0 Å². The lowest BCUT2D eigenvalue weighted by Gasteiger charge is -2.14. The minimum atomic E-state index is 0.294. The summed E-state index contributed by atoms with van der Waals surface area (Å²) < 4.78 is 1.07. The molecule has 0 saturated heterocycles. The predicted octanol–water partition coefficient (Wildman–Crippen LogP) is 5.40. The van der Waals surface area contributed by atoms with Crippen molar-refractivity contribution in [2.75, 3.05) is 19.0 Å². The lowest BCUT2D eigenvalue weighted by Crippen LogP contribution is -2.11. The number of fused-ring (bicyclic) bond motifs is 1. The number of hydrogen-bond donors (Lipinski definition) is 0. The maximum Gasteiger partial charge on any atom is 0.225 e. The molecule has 114 valence electrons. The first kappa shape index (κ1) is 15.7. The minimum Gasteiger partial charge on any atom is -0.362 e. The Morgan fingerprint density at radius 3 is 2.45 bits per heavy atom. The molecule has 0 aliphatic rings. The number of aromatic nitrogens is 2. The normalized spacial score (nSPS) is 11.1. The molecule has 2 aromatic heterocycles. The first-order chi connectivity index (χ1) is 10.5. The zero-order valence-corrected chi connectivity index (χ0v) is 15.7. The highest BCUT2D eigenvalue weighted by Crippen LogP contribution is 2.42. The number of anilines is 1. The van der Waals surface area contributed by atoms with Gasteiger partial charge in [0.25, 0.3) is 0 Å². The van der Waals surface area contributed by atoms with Gasteiger partial charge in [0.05, 0.1) is 5.39 Å². The minimum absolute atomic E-state index is 0.294. The second-order valence-corrected chi connectivity index (χ2v) is 7.49. The van der Waals surface area contributed by atoms with E-state index >= 15 is 0 Å². The first-order valence-corrected chi connectivity index (χ1v) is 8.92. The third-order valence-electron chi connectivity index (χ3n) is 3.46. The molecular weight excluding hydrogens is 382 g/mol. The van der Waals surface area contributed by atoms with Gasteiger partial charge in [-0.2, -0.15) is 4.98 Å². The molecule has 0 atom stereocenters. The number of nitrogens with zero attached hydrogens (tertiary/aromatic N) is 3. The largest absolute Gasteiger partial charge is 0.362 e. The summed E-state index contributed by atoms with van der Waals surface area (Å²) in [5, 5.41) is 1.38. The smallest absolute Gasteiger partial charge is 0.225 e. The summed E-state index contributed by atoms with van der Waals surface area (Å²) in [6.07, 6.45) is 0.955. The van der Waals surface area contributed by atoms with E-state index in [0.29, 0.717) is 5.28 Å². The Morgan fingerprint density at radius 1 is 1.18 bits per heavy atom. The Morgan fingerprint density at radius 2 is 1.86 bits per heavy atom. The molecule has 0 bridgehead atoms. The fraction of sp³-hybridized carbons (Fsp3) is 0.250. The Kier molecular flexibility index (Phi) is 4.39. The lowest BCUT2D eigenvalue weighted by molar-refractivity contribution is 1.06. The lowest BCUT2D eigenvalue weighted by atomic mass is 10.0. The molecule has 2 heterocycles. The van der Waals surface area contributed by atoms with Crippen LogP contribution in [0.15, 0.2) is 28.7 Å². The van der Waals surface area contributed by atoms with Crippen LogP contribution in [-0.4, -0.2) is 24.1 Å². The number of rotatable bonds is 3. The fourth-order valence-corrected chi connectivity index (χ4v) is 4.10. The van der Waals surface area contributed by atoms with E-state index in [9.17, 15) is 0 Å². The molecule has 0 aliphatic heterocycles. The Balaban J connectivity index is 2.38. The zero-order valence-electron chi connectivity index (χ0n) is 12.5. The standard InChI is InChI=1S/C16H15BrClN3S/c1-4-11-12(9-5-7-10(17)8-6-9)13-14(21(2)3)19-16(18)20-15(13)22-11/h5-8H,4H2,1-3H3. The summed E-state index contributed by atoms with van der Waals surface area (Å²) in [5.74, 6) is 0.865. The molecule has 0 saturated carbocycles. The highest BCUT2D eigenvalue weighted by molar-refractivity contribution is 9.10. The van der Waals surface area contributed by atoms with Gasteiger partial charge < -0.3 is 4.90 Å². The second-order valence-electron chi connectivity index (χ2n) is 5.15. The SMILES string of the molecule is CCc1sc2nc(Cl)nc(N(C)C)c2c1-c1ccc(Br)cc1. The van der Waals surface area contributed by atoms with Crippen LogP contribution in [0, 0.1) is 0 Å². The number of thiophene rings is 1. The van der Waals surface area contributed by atoms with E-state index in [1.165, 1.54) is 16.0 Å². The molecule has 3 nitrogen and oxygen atoms in total. The quantitative estimate of drug-likeness (QED) is 0.555. The van der Waals surface area contributed by atoms with E-state index < -0.39 is 0 Å². The molecule has 0 aliphatic carbocycles. The average molecular weight is 397 g/mol. The van der Waals surface area contributed by atoms with Crippen LogP contribution in [-0.2, 0) is 6.42 Å². The van der Waals surface area contributed by atoms with Gasteiger partial charge in [-0.15, -0.1) is 11.3 Å². The van der Waals surface area contributed by atoms with Gasteiger partial charge in [0.1, 0.15) is 10.6 Å². The second kappa shape index (κ2) is 6.14. The number of aryl methyl sites for hydroxylation is 1. The molecule has 6 heteroatoms. The Hall–Kier alpha value is -1.17. The monoisotopic (exact) mass is 395 g/mol. The highest BCUT2D eigenvalue weighted by Gasteiger charge is 2.20. The maximum atomic E-state index is 6.09. The third kappa shape index (κ3) is 2.73. The topological polar surface area (TPSA) is 29.0 Å². The average Bonchev–Trinajstić information content (AvgIpc) is 2.85. The first-order valence-electron chi connectivity index (χ1n) is 6.93. The van der Waals surface area contributed by atoms with Gasteiger partial charge in [-0.25, -0.2) is 4.98 Å². The van der Waals surface area contributed by atoms with Crippen molar-refractivity contribution in [2.45, 2.75) is 13.3 Å². The van der Waals surface area contributed by atoms with Crippen molar-refractivity contribution >= 4 is 54.9 Å². The Labute approximate surface area is 147 Å². The summed E-state index contributed by atoms with van der Waals surface area (Å²) >= 11 is 11.3. The number of halogens is 2. The summed E-state index contributed by atoms with van der Waals surface area (Å²) in [5.41, 5.74) is 2.40. The summed E-state index contributed by atoms with van der Waals surface area (Å²) in [7, 11) is 3.96. The number of hydrogen-bond acceptors (Lipinski definition) is 4. The molecule has 3 aromatic rings. The third-order valence-corrected chi connectivity index (χ3v) is 5.38. The molecule has 22 heavy (non-hydrogen) atoms. The van der Waals surface area contributed by atoms with E-state index in [2.05, 4.69) is 57.1 Å². The van der Waals surface area contributed by atoms with Crippen molar-refractivity contribution in [3.05, 3.63) is 38.9 Å². The van der Waals surface area contributed by atoms with Gasteiger partial charge in [0.15, 0.2) is 0 Å². The van der Waals surface area contributed by atoms with E-state index in [1.807, 2.05) is 19.0 Å². The Bertz CT molecular complexity index is 828. The van der Waals surface area contributed by atoms with E-state index in [-0.39, 0.29) is 0 Å². The van der Waals surface area contributed by atoms with Gasteiger partial charge in [0, 0.05) is 29.0 Å². The predicted molar refractivity (Wildman–Crippen MR) is 99.3 cm³/mol. The van der Waals surface area contributed by atoms with Gasteiger partial charge in [-0.3, -0.25) is 0 Å². The van der Waals surface area contributed by atoms with Gasteiger partial charge in [-0.05, 0) is 35.7 Å². The van der Waals surface area contributed by atoms with Crippen LogP contribution in [0.2, 0.25) is 5.28 Å². The number of benzene rings is 1. The van der Waals surface area contributed by atoms with Crippen LogP contribution >= 0.6 is 38.9 Å². The van der Waals surface area contributed by atoms with Gasteiger partial charge in [-0.1, -0.05) is 35.0 Å². The van der Waals surface area contributed by atoms with E-state index in [1.54, 1.807) is 11.3 Å². The molecule has 0 spiro atoms. The van der Waals surface area contributed by atoms with Crippen molar-refractivity contribution in [3.8, 4) is 11.1 Å². The van der Waals surface area contributed by atoms with Crippen LogP contribution in [0.1, 0.15) is 11.8 Å². The van der Waals surface area contributed by atoms with Crippen LogP contribution in [0.5, 0.6) is 0 Å². The van der Waals surface area contributed by atoms with Gasteiger partial charge >= 0.3 is 0 Å². The van der Waals surface area contributed by atoms with Crippen molar-refractivity contribution in [1.29, 1.82) is 0 Å². The van der Waals surface area contributed by atoms with Crippen LogP contribution < -0.4 is 4.90 Å². The van der Waals surface area contributed by atoms with Crippen LogP contribution in [0.4, 0.5) is 5.82 Å². The fourth-order valence-electron chi connectivity index (χ4n) is 2.50. The highest BCUT2D eigenvalue weighted by atomic mass is 79.9. The summed E-state index contributed by atoms with van der Waals surface area (Å²) in [6, 6.07) is 8.37. The molecule has 0 N–H and O–H groups in total. The molecule has 3 rings (SSSR count). The summed E-state index contributed by atoms with van der Waals surface area (Å²) in [6.45, 7) is 2.16. The van der Waals surface area contributed by atoms with Crippen molar-refractivity contribution in [1.82, 2.24) is 9.97 Å². The molecule has 0 radical (unpaired) electrons. The molecule has 0 unspecified atom stereocenters. The van der Waals surface area contributed by atoms with Crippen LogP contribution in [0.25, 0.3) is 21.3 Å². The molecular formula is C16H15BrClN3S. The maximum absolute atomic E-state index is 6.09.